The monoisotopic (exact) mass is 282 g/mol. The second-order valence-corrected chi connectivity index (χ2v) is 5.17. The lowest BCUT2D eigenvalue weighted by molar-refractivity contribution is -0.126. The number of esters is 1. The third-order valence-corrected chi connectivity index (χ3v) is 3.41. The average Bonchev–Trinajstić information content (AvgIpc) is 2.64. The highest BCUT2D eigenvalue weighted by Gasteiger charge is 2.27. The smallest absolute Gasteiger partial charge is 0.363 e. The summed E-state index contributed by atoms with van der Waals surface area (Å²) in [6, 6.07) is 6.30. The van der Waals surface area contributed by atoms with E-state index < -0.39 is 21.0 Å². The molecule has 1 aromatic rings. The van der Waals surface area contributed by atoms with Crippen LogP contribution in [0.1, 0.15) is 0 Å². The van der Waals surface area contributed by atoms with Crippen molar-refractivity contribution in [2.75, 3.05) is 7.11 Å². The van der Waals surface area contributed by atoms with Gasteiger partial charge < -0.3 is 15.2 Å². The second-order valence-electron chi connectivity index (χ2n) is 3.57. The van der Waals surface area contributed by atoms with Gasteiger partial charge in [-0.15, -0.1) is 0 Å². The maximum Gasteiger partial charge on any atom is 0.363 e. The summed E-state index contributed by atoms with van der Waals surface area (Å²) in [5.74, 6) is -0.193. The fraction of sp³-hybridized carbons (Fsp3) is 0.0909. The van der Waals surface area contributed by atoms with E-state index >= 15 is 0 Å². The molecular formula is C11H10N2O5S. The van der Waals surface area contributed by atoms with Gasteiger partial charge in [0.1, 0.15) is 11.5 Å². The van der Waals surface area contributed by atoms with E-state index in [1.165, 1.54) is 19.2 Å². The van der Waals surface area contributed by atoms with Crippen LogP contribution in [0.5, 0.6) is 11.5 Å². The number of sulfonamides is 1. The molecule has 2 N–H and O–H groups in total. The zero-order chi connectivity index (χ0) is 14.0. The fourth-order valence-electron chi connectivity index (χ4n) is 1.34. The summed E-state index contributed by atoms with van der Waals surface area (Å²) < 4.78 is 35.6. The number of ether oxygens (including phenoxy) is 2. The first-order valence-corrected chi connectivity index (χ1v) is 6.55. The van der Waals surface area contributed by atoms with E-state index in [1.807, 2.05) is 0 Å². The van der Waals surface area contributed by atoms with Crippen molar-refractivity contribution in [2.24, 2.45) is 10.1 Å². The molecule has 19 heavy (non-hydrogen) atoms. The normalized spacial score (nSPS) is 16.5. The third-order valence-electron chi connectivity index (χ3n) is 2.26. The number of nitrogens with zero attached hydrogens (tertiary/aromatic N) is 1. The van der Waals surface area contributed by atoms with E-state index in [-0.39, 0.29) is 11.5 Å². The topological polar surface area (TPSA) is 108 Å². The molecule has 0 atom stereocenters. The van der Waals surface area contributed by atoms with Crippen LogP contribution in [-0.4, -0.2) is 27.2 Å². The SMILES string of the molecule is COc1cccc(OC(=O)C2=NS(=O)(=O)C(N)=C2)c1. The van der Waals surface area contributed by atoms with Gasteiger partial charge >= 0.3 is 5.97 Å². The van der Waals surface area contributed by atoms with Gasteiger partial charge in [-0.2, -0.15) is 12.8 Å². The van der Waals surface area contributed by atoms with Crippen LogP contribution >= 0.6 is 0 Å². The first-order valence-electron chi connectivity index (χ1n) is 5.11. The quantitative estimate of drug-likeness (QED) is 0.626. The van der Waals surface area contributed by atoms with Crippen molar-refractivity contribution < 1.29 is 22.7 Å². The number of benzene rings is 1. The molecule has 0 aliphatic carbocycles. The molecule has 0 amide bonds. The summed E-state index contributed by atoms with van der Waals surface area (Å²) >= 11 is 0. The minimum atomic E-state index is -3.92. The van der Waals surface area contributed by atoms with Crippen molar-refractivity contribution in [3.05, 3.63) is 35.4 Å². The van der Waals surface area contributed by atoms with Crippen LogP contribution in [0.15, 0.2) is 39.8 Å². The van der Waals surface area contributed by atoms with Gasteiger partial charge in [0.2, 0.25) is 0 Å². The minimum absolute atomic E-state index is 0.211. The molecule has 0 radical (unpaired) electrons. The summed E-state index contributed by atoms with van der Waals surface area (Å²) in [6.07, 6.45) is 0.956. The van der Waals surface area contributed by atoms with Crippen molar-refractivity contribution >= 4 is 21.7 Å². The predicted molar refractivity (Wildman–Crippen MR) is 67.3 cm³/mol. The molecule has 1 heterocycles. The average molecular weight is 282 g/mol. The molecule has 0 unspecified atom stereocenters. The summed E-state index contributed by atoms with van der Waals surface area (Å²) in [6.45, 7) is 0. The van der Waals surface area contributed by atoms with E-state index in [0.29, 0.717) is 5.75 Å². The lowest BCUT2D eigenvalue weighted by Gasteiger charge is -2.04. The van der Waals surface area contributed by atoms with Gasteiger partial charge in [0.15, 0.2) is 10.7 Å². The van der Waals surface area contributed by atoms with Crippen molar-refractivity contribution in [1.82, 2.24) is 0 Å². The molecule has 2 rings (SSSR count). The molecule has 0 spiro atoms. The number of rotatable bonds is 3. The molecule has 100 valence electrons. The van der Waals surface area contributed by atoms with Crippen LogP contribution in [0.2, 0.25) is 0 Å². The molecule has 8 heteroatoms. The first kappa shape index (κ1) is 13.1. The Morgan fingerprint density at radius 2 is 2.00 bits per heavy atom. The van der Waals surface area contributed by atoms with Crippen LogP contribution in [-0.2, 0) is 14.8 Å². The van der Waals surface area contributed by atoms with Gasteiger partial charge in [0.25, 0.3) is 10.0 Å². The van der Waals surface area contributed by atoms with Crippen molar-refractivity contribution in [1.29, 1.82) is 0 Å². The Balaban J connectivity index is 2.19. The van der Waals surface area contributed by atoms with E-state index in [2.05, 4.69) is 4.40 Å². The Morgan fingerprint density at radius 1 is 1.32 bits per heavy atom. The second kappa shape index (κ2) is 4.73. The Morgan fingerprint density at radius 3 is 2.58 bits per heavy atom. The number of carbonyl (C=O) groups excluding carboxylic acids is 1. The highest BCUT2D eigenvalue weighted by molar-refractivity contribution is 7.94. The molecule has 1 aliphatic rings. The Hall–Kier alpha value is -2.35. The number of nitrogens with two attached hydrogens (primary N) is 1. The van der Waals surface area contributed by atoms with Crippen LogP contribution < -0.4 is 15.2 Å². The molecule has 1 aromatic carbocycles. The van der Waals surface area contributed by atoms with Gasteiger partial charge in [-0.25, -0.2) is 4.79 Å². The van der Waals surface area contributed by atoms with Gasteiger partial charge in [-0.05, 0) is 12.1 Å². The summed E-state index contributed by atoms with van der Waals surface area (Å²) in [5.41, 5.74) is 4.85. The molecule has 7 nitrogen and oxygen atoms in total. The number of hydrogen-bond donors (Lipinski definition) is 1. The van der Waals surface area contributed by atoms with Crippen LogP contribution in [0.3, 0.4) is 0 Å². The standard InChI is InChI=1S/C11H10N2O5S/c1-17-7-3-2-4-8(5-7)18-11(14)9-6-10(12)19(15,16)13-9/h2-6H,12H2,1H3. The van der Waals surface area contributed by atoms with E-state index in [4.69, 9.17) is 15.2 Å². The lowest BCUT2D eigenvalue weighted by atomic mass is 10.3. The number of carbonyl (C=O) groups is 1. The largest absolute Gasteiger partial charge is 0.497 e. The molecule has 1 aliphatic heterocycles. The van der Waals surface area contributed by atoms with Crippen molar-refractivity contribution in [3.63, 3.8) is 0 Å². The van der Waals surface area contributed by atoms with Gasteiger partial charge in [0, 0.05) is 12.1 Å². The predicted octanol–water partition coefficient (Wildman–Crippen LogP) is 0.185. The molecule has 0 saturated carbocycles. The van der Waals surface area contributed by atoms with Gasteiger partial charge in [-0.3, -0.25) is 0 Å². The summed E-state index contributed by atoms with van der Waals surface area (Å²) in [4.78, 5) is 11.7. The summed E-state index contributed by atoms with van der Waals surface area (Å²) in [7, 11) is -2.45. The molecule has 0 fully saturated rings. The molecule has 0 bridgehead atoms. The maximum absolute atomic E-state index is 11.7. The molecular weight excluding hydrogens is 272 g/mol. The highest BCUT2D eigenvalue weighted by atomic mass is 32.2. The maximum atomic E-state index is 11.7. The van der Waals surface area contributed by atoms with Crippen molar-refractivity contribution in [2.45, 2.75) is 0 Å². The van der Waals surface area contributed by atoms with Crippen LogP contribution in [0.25, 0.3) is 0 Å². The third kappa shape index (κ3) is 2.74. The van der Waals surface area contributed by atoms with Gasteiger partial charge in [-0.1, -0.05) is 6.07 Å². The van der Waals surface area contributed by atoms with Gasteiger partial charge in [0.05, 0.1) is 7.11 Å². The summed E-state index contributed by atoms with van der Waals surface area (Å²) in [5, 5.41) is -0.481. The Labute approximate surface area is 109 Å². The van der Waals surface area contributed by atoms with Crippen LogP contribution in [0, 0.1) is 0 Å². The fourth-order valence-corrected chi connectivity index (χ4v) is 2.09. The van der Waals surface area contributed by atoms with Crippen molar-refractivity contribution in [3.8, 4) is 11.5 Å². The number of methoxy groups -OCH3 is 1. The Bertz CT molecular complexity index is 691. The van der Waals surface area contributed by atoms with E-state index in [0.717, 1.165) is 6.08 Å². The van der Waals surface area contributed by atoms with Crippen LogP contribution in [0.4, 0.5) is 0 Å². The highest BCUT2D eigenvalue weighted by Crippen LogP contribution is 2.20. The molecule has 0 aromatic heterocycles. The zero-order valence-electron chi connectivity index (χ0n) is 9.86. The number of hydrogen-bond acceptors (Lipinski definition) is 6. The Kier molecular flexibility index (Phi) is 3.26. The van der Waals surface area contributed by atoms with E-state index in [9.17, 15) is 13.2 Å². The first-order chi connectivity index (χ1) is 8.92. The lowest BCUT2D eigenvalue weighted by Crippen LogP contribution is -2.17. The van der Waals surface area contributed by atoms with E-state index in [1.54, 1.807) is 12.1 Å². The molecule has 0 saturated heterocycles. The minimum Gasteiger partial charge on any atom is -0.497 e. The zero-order valence-corrected chi connectivity index (χ0v) is 10.7.